The predicted molar refractivity (Wildman–Crippen MR) is 108 cm³/mol. The van der Waals surface area contributed by atoms with Crippen LogP contribution < -0.4 is 14.5 Å². The molecule has 1 aromatic heterocycles. The SMILES string of the molecule is COc1nc(N2CCCCCC2)nc(N2CCN(CC3CCCC3)C(=O)C2)n1. The van der Waals surface area contributed by atoms with Crippen molar-refractivity contribution < 1.29 is 9.53 Å². The quantitative estimate of drug-likeness (QED) is 0.765. The zero-order chi connectivity index (χ0) is 19.3. The van der Waals surface area contributed by atoms with Crippen LogP contribution in [0.3, 0.4) is 0 Å². The van der Waals surface area contributed by atoms with Gasteiger partial charge in [-0.15, -0.1) is 0 Å². The minimum atomic E-state index is 0.175. The number of nitrogens with zero attached hydrogens (tertiary/aromatic N) is 6. The Hall–Kier alpha value is -2.12. The van der Waals surface area contributed by atoms with Gasteiger partial charge in [-0.3, -0.25) is 4.79 Å². The highest BCUT2D eigenvalue weighted by molar-refractivity contribution is 5.82. The number of rotatable bonds is 5. The molecule has 2 saturated heterocycles. The van der Waals surface area contributed by atoms with E-state index in [4.69, 9.17) is 9.72 Å². The van der Waals surface area contributed by atoms with Gasteiger partial charge in [-0.25, -0.2) is 0 Å². The Labute approximate surface area is 167 Å². The molecule has 1 saturated carbocycles. The number of carbonyl (C=O) groups is 1. The van der Waals surface area contributed by atoms with Gasteiger partial charge in [0.2, 0.25) is 17.8 Å². The van der Waals surface area contributed by atoms with Crippen molar-refractivity contribution in [1.82, 2.24) is 19.9 Å². The summed E-state index contributed by atoms with van der Waals surface area (Å²) < 4.78 is 5.33. The first-order chi connectivity index (χ1) is 13.7. The van der Waals surface area contributed by atoms with Gasteiger partial charge in [0.05, 0.1) is 13.7 Å². The van der Waals surface area contributed by atoms with Crippen molar-refractivity contribution in [3.63, 3.8) is 0 Å². The molecule has 8 nitrogen and oxygen atoms in total. The molecule has 0 N–H and O–H groups in total. The van der Waals surface area contributed by atoms with E-state index in [0.29, 0.717) is 30.4 Å². The Balaban J connectivity index is 1.46. The van der Waals surface area contributed by atoms with Crippen molar-refractivity contribution in [2.24, 2.45) is 5.92 Å². The number of hydrogen-bond acceptors (Lipinski definition) is 7. The van der Waals surface area contributed by atoms with Crippen LogP contribution in [0.5, 0.6) is 6.01 Å². The van der Waals surface area contributed by atoms with E-state index in [9.17, 15) is 4.79 Å². The summed E-state index contributed by atoms with van der Waals surface area (Å²) in [4.78, 5) is 32.6. The third-order valence-corrected chi connectivity index (χ3v) is 6.22. The summed E-state index contributed by atoms with van der Waals surface area (Å²) in [6.07, 6.45) is 9.95. The lowest BCUT2D eigenvalue weighted by Crippen LogP contribution is -2.52. The monoisotopic (exact) mass is 388 g/mol. The summed E-state index contributed by atoms with van der Waals surface area (Å²) in [7, 11) is 1.58. The van der Waals surface area contributed by atoms with E-state index >= 15 is 0 Å². The number of aromatic nitrogens is 3. The van der Waals surface area contributed by atoms with Crippen LogP contribution in [0, 0.1) is 5.92 Å². The molecule has 8 heteroatoms. The first kappa shape index (κ1) is 19.2. The number of ether oxygens (including phenoxy) is 1. The summed E-state index contributed by atoms with van der Waals surface area (Å²) >= 11 is 0. The van der Waals surface area contributed by atoms with E-state index in [-0.39, 0.29) is 5.91 Å². The maximum atomic E-state index is 12.7. The molecule has 1 amide bonds. The van der Waals surface area contributed by atoms with Gasteiger partial charge in [-0.1, -0.05) is 25.7 Å². The lowest BCUT2D eigenvalue weighted by molar-refractivity contribution is -0.131. The second-order valence-corrected chi connectivity index (χ2v) is 8.24. The van der Waals surface area contributed by atoms with Crippen LogP contribution in [0.1, 0.15) is 51.4 Å². The molecule has 1 aromatic rings. The van der Waals surface area contributed by atoms with Crippen molar-refractivity contribution >= 4 is 17.8 Å². The Morgan fingerprint density at radius 2 is 1.54 bits per heavy atom. The lowest BCUT2D eigenvalue weighted by atomic mass is 10.1. The van der Waals surface area contributed by atoms with E-state index in [2.05, 4.69) is 14.9 Å². The molecule has 2 aliphatic heterocycles. The lowest BCUT2D eigenvalue weighted by Gasteiger charge is -2.35. The summed E-state index contributed by atoms with van der Waals surface area (Å²) in [6, 6.07) is 0.324. The molecular weight excluding hydrogens is 356 g/mol. The van der Waals surface area contributed by atoms with Gasteiger partial charge in [-0.05, 0) is 31.6 Å². The number of hydrogen-bond donors (Lipinski definition) is 0. The largest absolute Gasteiger partial charge is 0.467 e. The number of carbonyl (C=O) groups excluding carboxylic acids is 1. The fourth-order valence-electron chi connectivity index (χ4n) is 4.56. The molecule has 0 spiro atoms. The van der Waals surface area contributed by atoms with Crippen LogP contribution in [0.2, 0.25) is 0 Å². The van der Waals surface area contributed by atoms with Crippen LogP contribution in [-0.2, 0) is 4.79 Å². The van der Waals surface area contributed by atoms with Gasteiger partial charge in [0.15, 0.2) is 0 Å². The van der Waals surface area contributed by atoms with Crippen LogP contribution in [0.15, 0.2) is 0 Å². The van der Waals surface area contributed by atoms with Crippen LogP contribution in [0.4, 0.5) is 11.9 Å². The highest BCUT2D eigenvalue weighted by Crippen LogP contribution is 2.27. The fraction of sp³-hybridized carbons (Fsp3) is 0.800. The van der Waals surface area contributed by atoms with E-state index < -0.39 is 0 Å². The van der Waals surface area contributed by atoms with Crippen LogP contribution in [-0.4, -0.2) is 72.1 Å². The summed E-state index contributed by atoms with van der Waals surface area (Å²) in [5, 5.41) is 0. The maximum Gasteiger partial charge on any atom is 0.322 e. The Morgan fingerprint density at radius 1 is 0.857 bits per heavy atom. The fourth-order valence-corrected chi connectivity index (χ4v) is 4.56. The normalized spacial score (nSPS) is 21.9. The molecule has 0 unspecified atom stereocenters. The van der Waals surface area contributed by atoms with E-state index in [1.165, 1.54) is 38.5 Å². The topological polar surface area (TPSA) is 74.7 Å². The van der Waals surface area contributed by atoms with Gasteiger partial charge >= 0.3 is 6.01 Å². The van der Waals surface area contributed by atoms with Crippen molar-refractivity contribution in [1.29, 1.82) is 0 Å². The number of anilines is 2. The minimum Gasteiger partial charge on any atom is -0.467 e. The second kappa shape index (κ2) is 8.92. The highest BCUT2D eigenvalue weighted by atomic mass is 16.5. The molecule has 154 valence electrons. The first-order valence-electron chi connectivity index (χ1n) is 10.8. The average molecular weight is 389 g/mol. The average Bonchev–Trinajstić information content (AvgIpc) is 3.08. The number of amides is 1. The summed E-state index contributed by atoms with van der Waals surface area (Å²) in [5.41, 5.74) is 0. The predicted octanol–water partition coefficient (Wildman–Crippen LogP) is 2.10. The molecule has 4 rings (SSSR count). The third-order valence-electron chi connectivity index (χ3n) is 6.22. The molecule has 0 atom stereocenters. The van der Waals surface area contributed by atoms with Gasteiger partial charge in [0.25, 0.3) is 0 Å². The van der Waals surface area contributed by atoms with Gasteiger partial charge in [0, 0.05) is 32.7 Å². The molecule has 0 bridgehead atoms. The third kappa shape index (κ3) is 4.47. The molecule has 0 aromatic carbocycles. The second-order valence-electron chi connectivity index (χ2n) is 8.24. The van der Waals surface area contributed by atoms with Crippen molar-refractivity contribution in [3.8, 4) is 6.01 Å². The zero-order valence-corrected chi connectivity index (χ0v) is 17.0. The molecule has 28 heavy (non-hydrogen) atoms. The van der Waals surface area contributed by atoms with Gasteiger partial charge in [-0.2, -0.15) is 15.0 Å². The van der Waals surface area contributed by atoms with Crippen molar-refractivity contribution in [3.05, 3.63) is 0 Å². The van der Waals surface area contributed by atoms with Crippen molar-refractivity contribution in [2.75, 3.05) is 56.2 Å². The number of piperazine rings is 1. The maximum absolute atomic E-state index is 12.7. The van der Waals surface area contributed by atoms with Gasteiger partial charge in [0.1, 0.15) is 0 Å². The minimum absolute atomic E-state index is 0.175. The smallest absolute Gasteiger partial charge is 0.322 e. The summed E-state index contributed by atoms with van der Waals surface area (Å²) in [6.45, 7) is 4.65. The zero-order valence-electron chi connectivity index (χ0n) is 17.0. The van der Waals surface area contributed by atoms with Crippen LogP contribution >= 0.6 is 0 Å². The van der Waals surface area contributed by atoms with Gasteiger partial charge < -0.3 is 19.4 Å². The molecular formula is C20H32N6O2. The first-order valence-corrected chi connectivity index (χ1v) is 10.8. The Bertz CT molecular complexity index is 671. The Kier molecular flexibility index (Phi) is 6.12. The molecule has 1 aliphatic carbocycles. The van der Waals surface area contributed by atoms with Crippen LogP contribution in [0.25, 0.3) is 0 Å². The standard InChI is InChI=1S/C20H32N6O2/c1-28-20-22-18(24-10-6-2-3-7-11-24)21-19(23-20)26-13-12-25(17(27)15-26)14-16-8-4-5-9-16/h16H,2-15H2,1H3. The molecule has 3 fully saturated rings. The van der Waals surface area contributed by atoms with E-state index in [1.54, 1.807) is 7.11 Å². The molecule has 3 aliphatic rings. The highest BCUT2D eigenvalue weighted by Gasteiger charge is 2.29. The molecule has 0 radical (unpaired) electrons. The molecule has 3 heterocycles. The van der Waals surface area contributed by atoms with Crippen molar-refractivity contribution in [2.45, 2.75) is 51.4 Å². The van der Waals surface area contributed by atoms with E-state index in [0.717, 1.165) is 45.6 Å². The Morgan fingerprint density at radius 3 is 2.18 bits per heavy atom. The summed E-state index contributed by atoms with van der Waals surface area (Å²) in [5.74, 6) is 2.08. The van der Waals surface area contributed by atoms with E-state index in [1.807, 2.05) is 9.80 Å². The number of methoxy groups -OCH3 is 1.